The van der Waals surface area contributed by atoms with Gasteiger partial charge in [-0.3, -0.25) is 4.79 Å². The number of carbonyl (C=O) groups is 1. The second kappa shape index (κ2) is 5.87. The lowest BCUT2D eigenvalue weighted by molar-refractivity contribution is -0.139. The predicted molar refractivity (Wildman–Crippen MR) is 68.7 cm³/mol. The van der Waals surface area contributed by atoms with Crippen molar-refractivity contribution in [2.24, 2.45) is 0 Å². The molecule has 0 amide bonds. The fraction of sp³-hybridized carbons (Fsp3) is 0.500. The highest BCUT2D eigenvalue weighted by Gasteiger charge is 2.21. The van der Waals surface area contributed by atoms with E-state index >= 15 is 0 Å². The topological polar surface area (TPSA) is 47.6 Å². The quantitative estimate of drug-likeness (QED) is 0.827. The molecule has 1 aliphatic rings. The molecular formula is C14H19NO3. The van der Waals surface area contributed by atoms with Gasteiger partial charge in [0.1, 0.15) is 5.75 Å². The van der Waals surface area contributed by atoms with Crippen molar-refractivity contribution < 1.29 is 14.3 Å². The summed E-state index contributed by atoms with van der Waals surface area (Å²) in [7, 11) is 3.07. The lowest BCUT2D eigenvalue weighted by Gasteiger charge is -2.26. The normalized spacial score (nSPS) is 18.0. The third kappa shape index (κ3) is 2.82. The van der Waals surface area contributed by atoms with Crippen LogP contribution in [0.3, 0.4) is 0 Å². The second-order valence-electron chi connectivity index (χ2n) is 4.47. The largest absolute Gasteiger partial charge is 0.497 e. The number of nitrogens with one attached hydrogen (secondary N) is 1. The Hall–Kier alpha value is -1.55. The van der Waals surface area contributed by atoms with Gasteiger partial charge in [0.2, 0.25) is 0 Å². The summed E-state index contributed by atoms with van der Waals surface area (Å²) >= 11 is 0. The summed E-state index contributed by atoms with van der Waals surface area (Å²) in [5.41, 5.74) is 2.58. The molecule has 18 heavy (non-hydrogen) atoms. The van der Waals surface area contributed by atoms with E-state index in [9.17, 15) is 4.79 Å². The van der Waals surface area contributed by atoms with Gasteiger partial charge in [0.05, 0.1) is 20.8 Å². The fourth-order valence-corrected chi connectivity index (χ4v) is 2.39. The summed E-state index contributed by atoms with van der Waals surface area (Å²) in [6.07, 6.45) is 3.27. The van der Waals surface area contributed by atoms with Crippen LogP contribution >= 0.6 is 0 Å². The first-order chi connectivity index (χ1) is 8.74. The van der Waals surface area contributed by atoms with E-state index in [1.807, 2.05) is 6.07 Å². The first kappa shape index (κ1) is 12.9. The number of hydrogen-bond acceptors (Lipinski definition) is 4. The monoisotopic (exact) mass is 249 g/mol. The molecular weight excluding hydrogens is 230 g/mol. The number of aryl methyl sites for hydroxylation is 1. The van der Waals surface area contributed by atoms with Crippen molar-refractivity contribution in [2.45, 2.75) is 25.3 Å². The SMILES string of the molecule is COC(=O)CNC1CCCc2ccc(OC)cc21. The third-order valence-corrected chi connectivity index (χ3v) is 3.39. The van der Waals surface area contributed by atoms with Crippen LogP contribution in [0.1, 0.15) is 30.0 Å². The Kier molecular flexibility index (Phi) is 4.20. The van der Waals surface area contributed by atoms with Crippen LogP contribution in [-0.4, -0.2) is 26.7 Å². The molecule has 0 spiro atoms. The van der Waals surface area contributed by atoms with Gasteiger partial charge in [-0.15, -0.1) is 0 Å². The second-order valence-corrected chi connectivity index (χ2v) is 4.47. The van der Waals surface area contributed by atoms with Crippen molar-refractivity contribution in [3.8, 4) is 5.75 Å². The van der Waals surface area contributed by atoms with E-state index in [4.69, 9.17) is 4.74 Å². The first-order valence-electron chi connectivity index (χ1n) is 6.21. The molecule has 98 valence electrons. The third-order valence-electron chi connectivity index (χ3n) is 3.39. The predicted octanol–water partition coefficient (Wildman–Crippen LogP) is 1.84. The van der Waals surface area contributed by atoms with Crippen LogP contribution in [0.4, 0.5) is 0 Å². The Morgan fingerprint density at radius 3 is 3.00 bits per heavy atom. The van der Waals surface area contributed by atoms with Gasteiger partial charge in [0.25, 0.3) is 0 Å². The maximum atomic E-state index is 11.2. The molecule has 0 aliphatic heterocycles. The molecule has 0 radical (unpaired) electrons. The molecule has 0 bridgehead atoms. The number of esters is 1. The lowest BCUT2D eigenvalue weighted by atomic mass is 9.87. The molecule has 1 N–H and O–H groups in total. The zero-order valence-electron chi connectivity index (χ0n) is 10.9. The van der Waals surface area contributed by atoms with E-state index < -0.39 is 0 Å². The summed E-state index contributed by atoms with van der Waals surface area (Å²) in [5, 5.41) is 3.25. The van der Waals surface area contributed by atoms with Crippen LogP contribution in [0.2, 0.25) is 0 Å². The first-order valence-corrected chi connectivity index (χ1v) is 6.21. The van der Waals surface area contributed by atoms with Gasteiger partial charge in [-0.2, -0.15) is 0 Å². The molecule has 0 saturated carbocycles. The van der Waals surface area contributed by atoms with Crippen LogP contribution in [-0.2, 0) is 16.0 Å². The summed E-state index contributed by atoms with van der Waals surface area (Å²) in [5.74, 6) is 0.630. The average Bonchev–Trinajstić information content (AvgIpc) is 2.43. The number of benzene rings is 1. The summed E-state index contributed by atoms with van der Waals surface area (Å²) in [4.78, 5) is 11.2. The Bertz CT molecular complexity index is 431. The summed E-state index contributed by atoms with van der Waals surface area (Å²) in [6.45, 7) is 0.248. The van der Waals surface area contributed by atoms with Gasteiger partial charge in [0.15, 0.2) is 0 Å². The maximum absolute atomic E-state index is 11.2. The average molecular weight is 249 g/mol. The molecule has 1 aromatic rings. The summed E-state index contributed by atoms with van der Waals surface area (Å²) in [6, 6.07) is 6.37. The highest BCUT2D eigenvalue weighted by Crippen LogP contribution is 2.32. The van der Waals surface area contributed by atoms with Crippen molar-refractivity contribution in [3.05, 3.63) is 29.3 Å². The fourth-order valence-electron chi connectivity index (χ4n) is 2.39. The number of rotatable bonds is 4. The number of fused-ring (bicyclic) bond motifs is 1. The minimum Gasteiger partial charge on any atom is -0.497 e. The van der Waals surface area contributed by atoms with E-state index in [0.29, 0.717) is 0 Å². The van der Waals surface area contributed by atoms with Crippen LogP contribution in [0, 0.1) is 0 Å². The molecule has 1 aromatic carbocycles. The van der Waals surface area contributed by atoms with Gasteiger partial charge >= 0.3 is 5.97 Å². The van der Waals surface area contributed by atoms with E-state index in [0.717, 1.165) is 25.0 Å². The molecule has 2 rings (SSSR count). The molecule has 0 fully saturated rings. The minimum absolute atomic E-state index is 0.211. The van der Waals surface area contributed by atoms with Crippen molar-refractivity contribution in [1.29, 1.82) is 0 Å². The van der Waals surface area contributed by atoms with Crippen LogP contribution in [0.5, 0.6) is 5.75 Å². The Labute approximate surface area is 107 Å². The molecule has 1 atom stereocenters. The smallest absolute Gasteiger partial charge is 0.319 e. The molecule has 0 saturated heterocycles. The van der Waals surface area contributed by atoms with E-state index in [1.54, 1.807) is 7.11 Å². The molecule has 4 nitrogen and oxygen atoms in total. The van der Waals surface area contributed by atoms with Crippen molar-refractivity contribution in [1.82, 2.24) is 5.32 Å². The van der Waals surface area contributed by atoms with Gasteiger partial charge in [-0.05, 0) is 42.5 Å². The van der Waals surface area contributed by atoms with Crippen molar-refractivity contribution in [3.63, 3.8) is 0 Å². The Balaban J connectivity index is 2.13. The van der Waals surface area contributed by atoms with Gasteiger partial charge < -0.3 is 14.8 Å². The van der Waals surface area contributed by atoms with Gasteiger partial charge in [0, 0.05) is 6.04 Å². The standard InChI is InChI=1S/C14H19NO3/c1-17-11-7-6-10-4-3-5-13(12(10)8-11)15-9-14(16)18-2/h6-8,13,15H,3-5,9H2,1-2H3. The minimum atomic E-state index is -0.231. The Morgan fingerprint density at radius 1 is 1.44 bits per heavy atom. The zero-order chi connectivity index (χ0) is 13.0. The molecule has 0 aromatic heterocycles. The van der Waals surface area contributed by atoms with Crippen LogP contribution in [0.15, 0.2) is 18.2 Å². The number of methoxy groups -OCH3 is 2. The number of carbonyl (C=O) groups excluding carboxylic acids is 1. The molecule has 1 aliphatic carbocycles. The van der Waals surface area contributed by atoms with E-state index in [2.05, 4.69) is 22.2 Å². The summed E-state index contributed by atoms with van der Waals surface area (Å²) < 4.78 is 9.90. The van der Waals surface area contributed by atoms with Crippen molar-refractivity contribution in [2.75, 3.05) is 20.8 Å². The Morgan fingerprint density at radius 2 is 2.28 bits per heavy atom. The van der Waals surface area contributed by atoms with Crippen molar-refractivity contribution >= 4 is 5.97 Å². The zero-order valence-corrected chi connectivity index (χ0v) is 10.9. The van der Waals surface area contributed by atoms with Crippen LogP contribution in [0.25, 0.3) is 0 Å². The van der Waals surface area contributed by atoms with Crippen LogP contribution < -0.4 is 10.1 Å². The molecule has 1 unspecified atom stereocenters. The number of hydrogen-bond donors (Lipinski definition) is 1. The number of ether oxygens (including phenoxy) is 2. The van der Waals surface area contributed by atoms with E-state index in [-0.39, 0.29) is 18.6 Å². The van der Waals surface area contributed by atoms with Gasteiger partial charge in [-0.1, -0.05) is 6.07 Å². The lowest BCUT2D eigenvalue weighted by Crippen LogP contribution is -2.30. The van der Waals surface area contributed by atoms with Gasteiger partial charge in [-0.25, -0.2) is 0 Å². The highest BCUT2D eigenvalue weighted by atomic mass is 16.5. The molecule has 4 heteroatoms. The highest BCUT2D eigenvalue weighted by molar-refractivity contribution is 5.71. The van der Waals surface area contributed by atoms with E-state index in [1.165, 1.54) is 18.2 Å². The maximum Gasteiger partial charge on any atom is 0.319 e. The molecule has 0 heterocycles.